The van der Waals surface area contributed by atoms with Crippen LogP contribution in [-0.4, -0.2) is 12.5 Å². The van der Waals surface area contributed by atoms with Crippen LogP contribution in [0.25, 0.3) is 6.08 Å². The Morgan fingerprint density at radius 2 is 2.05 bits per heavy atom. The van der Waals surface area contributed by atoms with Gasteiger partial charge in [-0.25, -0.2) is 0 Å². The summed E-state index contributed by atoms with van der Waals surface area (Å²) in [5.74, 6) is -0.0459. The third-order valence-corrected chi connectivity index (χ3v) is 3.09. The molecule has 1 N–H and O–H groups in total. The lowest BCUT2D eigenvalue weighted by Gasteiger charge is -2.02. The van der Waals surface area contributed by atoms with Crippen LogP contribution in [0, 0.1) is 0 Å². The summed E-state index contributed by atoms with van der Waals surface area (Å²) in [4.78, 5) is 11.6. The van der Waals surface area contributed by atoms with Gasteiger partial charge in [-0.2, -0.15) is 0 Å². The highest BCUT2D eigenvalue weighted by Crippen LogP contribution is 2.11. The fraction of sp³-hybridized carbons (Fsp3) is 0.438. The number of rotatable bonds is 8. The fourth-order valence-corrected chi connectivity index (χ4v) is 1.98. The van der Waals surface area contributed by atoms with Gasteiger partial charge in [0.05, 0.1) is 0 Å². The van der Waals surface area contributed by atoms with Gasteiger partial charge in [-0.05, 0) is 30.2 Å². The van der Waals surface area contributed by atoms with Gasteiger partial charge in [0.25, 0.3) is 0 Å². The minimum Gasteiger partial charge on any atom is -0.353 e. The van der Waals surface area contributed by atoms with Gasteiger partial charge in [-0.15, -0.1) is 0 Å². The average molecular weight is 280 g/mol. The number of hydrogen-bond donors (Lipinski definition) is 1. The van der Waals surface area contributed by atoms with Gasteiger partial charge in [0.2, 0.25) is 5.91 Å². The number of carbonyl (C=O) groups is 1. The van der Waals surface area contributed by atoms with E-state index in [1.165, 1.54) is 25.7 Å². The first-order valence-electron chi connectivity index (χ1n) is 6.94. The van der Waals surface area contributed by atoms with Crippen molar-refractivity contribution in [2.75, 3.05) is 6.54 Å². The molecule has 0 fully saturated rings. The van der Waals surface area contributed by atoms with Crippen LogP contribution in [-0.2, 0) is 4.79 Å². The van der Waals surface area contributed by atoms with E-state index in [-0.39, 0.29) is 5.91 Å². The summed E-state index contributed by atoms with van der Waals surface area (Å²) in [5.41, 5.74) is 0.936. The van der Waals surface area contributed by atoms with Crippen LogP contribution in [0.1, 0.15) is 44.6 Å². The molecule has 0 aliphatic heterocycles. The topological polar surface area (TPSA) is 29.1 Å². The Labute approximate surface area is 120 Å². The molecule has 2 nitrogen and oxygen atoms in total. The molecule has 3 heteroatoms. The molecular formula is C16H22ClNO. The maximum absolute atomic E-state index is 11.6. The molecule has 0 atom stereocenters. The largest absolute Gasteiger partial charge is 0.353 e. The molecule has 0 radical (unpaired) electrons. The van der Waals surface area contributed by atoms with Crippen molar-refractivity contribution in [1.29, 1.82) is 0 Å². The minimum atomic E-state index is -0.0459. The fourth-order valence-electron chi connectivity index (χ4n) is 1.78. The Morgan fingerprint density at radius 1 is 1.26 bits per heavy atom. The van der Waals surface area contributed by atoms with Gasteiger partial charge in [-0.3, -0.25) is 4.79 Å². The van der Waals surface area contributed by atoms with E-state index in [0.29, 0.717) is 5.02 Å². The Bertz CT molecular complexity index is 415. The Kier molecular flexibility index (Phi) is 7.99. The van der Waals surface area contributed by atoms with Gasteiger partial charge >= 0.3 is 0 Å². The van der Waals surface area contributed by atoms with Crippen LogP contribution in [0.4, 0.5) is 0 Å². The molecular weight excluding hydrogens is 258 g/mol. The molecule has 1 aromatic rings. The van der Waals surface area contributed by atoms with Crippen molar-refractivity contribution in [1.82, 2.24) is 5.32 Å². The van der Waals surface area contributed by atoms with Gasteiger partial charge in [0, 0.05) is 17.6 Å². The van der Waals surface area contributed by atoms with Crippen LogP contribution in [0.5, 0.6) is 0 Å². The molecule has 0 aliphatic rings. The standard InChI is InChI=1S/C16H22ClNO/c1-2-3-4-5-6-12-18-16(19)11-10-14-8-7-9-15(17)13-14/h7-11,13H,2-6,12H2,1H3,(H,18,19). The third-order valence-electron chi connectivity index (χ3n) is 2.86. The van der Waals surface area contributed by atoms with Crippen molar-refractivity contribution in [2.45, 2.75) is 39.0 Å². The molecule has 0 spiro atoms. The smallest absolute Gasteiger partial charge is 0.243 e. The molecule has 0 heterocycles. The molecule has 0 aliphatic carbocycles. The second kappa shape index (κ2) is 9.62. The lowest BCUT2D eigenvalue weighted by Crippen LogP contribution is -2.21. The van der Waals surface area contributed by atoms with Crippen molar-refractivity contribution in [3.8, 4) is 0 Å². The number of amides is 1. The lowest BCUT2D eigenvalue weighted by molar-refractivity contribution is -0.116. The van der Waals surface area contributed by atoms with Crippen LogP contribution < -0.4 is 5.32 Å². The van der Waals surface area contributed by atoms with Crippen molar-refractivity contribution >= 4 is 23.6 Å². The van der Waals surface area contributed by atoms with Gasteiger partial charge in [0.15, 0.2) is 0 Å². The monoisotopic (exact) mass is 279 g/mol. The molecule has 0 aromatic heterocycles. The first kappa shape index (κ1) is 15.8. The zero-order valence-electron chi connectivity index (χ0n) is 11.5. The first-order chi connectivity index (χ1) is 9.22. The number of benzene rings is 1. The molecule has 0 unspecified atom stereocenters. The van der Waals surface area contributed by atoms with Gasteiger partial charge in [-0.1, -0.05) is 56.3 Å². The quantitative estimate of drug-likeness (QED) is 0.553. The number of nitrogens with one attached hydrogen (secondary N) is 1. The maximum atomic E-state index is 11.6. The molecule has 1 aromatic carbocycles. The summed E-state index contributed by atoms with van der Waals surface area (Å²) < 4.78 is 0. The molecule has 0 bridgehead atoms. The van der Waals surface area contributed by atoms with E-state index in [0.717, 1.165) is 18.5 Å². The van der Waals surface area contributed by atoms with Gasteiger partial charge < -0.3 is 5.32 Å². The zero-order chi connectivity index (χ0) is 13.9. The second-order valence-electron chi connectivity index (χ2n) is 4.59. The Balaban J connectivity index is 2.20. The van der Waals surface area contributed by atoms with Crippen LogP contribution in [0.15, 0.2) is 30.3 Å². The van der Waals surface area contributed by atoms with Crippen molar-refractivity contribution in [3.63, 3.8) is 0 Å². The highest BCUT2D eigenvalue weighted by atomic mass is 35.5. The number of unbranched alkanes of at least 4 members (excludes halogenated alkanes) is 4. The Hall–Kier alpha value is -1.28. The molecule has 0 saturated heterocycles. The van der Waals surface area contributed by atoms with E-state index in [4.69, 9.17) is 11.6 Å². The molecule has 19 heavy (non-hydrogen) atoms. The highest BCUT2D eigenvalue weighted by Gasteiger charge is 1.95. The van der Waals surface area contributed by atoms with E-state index in [9.17, 15) is 4.79 Å². The van der Waals surface area contributed by atoms with Gasteiger partial charge in [0.1, 0.15) is 0 Å². The SMILES string of the molecule is CCCCCCCNC(=O)C=Cc1cccc(Cl)c1. The van der Waals surface area contributed by atoms with E-state index in [2.05, 4.69) is 12.2 Å². The summed E-state index contributed by atoms with van der Waals surface area (Å²) in [5, 5.41) is 3.56. The summed E-state index contributed by atoms with van der Waals surface area (Å²) in [7, 11) is 0. The Morgan fingerprint density at radius 3 is 2.79 bits per heavy atom. The second-order valence-corrected chi connectivity index (χ2v) is 5.03. The van der Waals surface area contributed by atoms with E-state index < -0.39 is 0 Å². The predicted molar refractivity (Wildman–Crippen MR) is 82.3 cm³/mol. The van der Waals surface area contributed by atoms with Crippen molar-refractivity contribution < 1.29 is 4.79 Å². The molecule has 1 rings (SSSR count). The number of hydrogen-bond acceptors (Lipinski definition) is 1. The summed E-state index contributed by atoms with van der Waals surface area (Å²) in [6, 6.07) is 7.43. The maximum Gasteiger partial charge on any atom is 0.243 e. The third kappa shape index (κ3) is 7.68. The van der Waals surface area contributed by atoms with Crippen molar-refractivity contribution in [2.24, 2.45) is 0 Å². The summed E-state index contributed by atoms with van der Waals surface area (Å²) in [6.45, 7) is 2.95. The average Bonchev–Trinajstić information content (AvgIpc) is 2.40. The lowest BCUT2D eigenvalue weighted by atomic mass is 10.1. The van der Waals surface area contributed by atoms with Crippen LogP contribution >= 0.6 is 11.6 Å². The predicted octanol–water partition coefficient (Wildman–Crippen LogP) is 4.44. The van der Waals surface area contributed by atoms with E-state index in [1.54, 1.807) is 12.2 Å². The summed E-state index contributed by atoms with van der Waals surface area (Å²) >= 11 is 5.87. The summed E-state index contributed by atoms with van der Waals surface area (Å²) in [6.07, 6.45) is 9.35. The van der Waals surface area contributed by atoms with E-state index in [1.807, 2.05) is 24.3 Å². The number of halogens is 1. The van der Waals surface area contributed by atoms with E-state index >= 15 is 0 Å². The van der Waals surface area contributed by atoms with Crippen molar-refractivity contribution in [3.05, 3.63) is 40.9 Å². The minimum absolute atomic E-state index is 0.0459. The molecule has 1 amide bonds. The molecule has 104 valence electrons. The number of carbonyl (C=O) groups excluding carboxylic acids is 1. The molecule has 0 saturated carbocycles. The zero-order valence-corrected chi connectivity index (χ0v) is 12.2. The normalized spacial score (nSPS) is 10.8. The highest BCUT2D eigenvalue weighted by molar-refractivity contribution is 6.30. The van der Waals surface area contributed by atoms with Crippen LogP contribution in [0.2, 0.25) is 5.02 Å². The first-order valence-corrected chi connectivity index (χ1v) is 7.31. The van der Waals surface area contributed by atoms with Crippen LogP contribution in [0.3, 0.4) is 0 Å².